The summed E-state index contributed by atoms with van der Waals surface area (Å²) in [5.74, 6) is -1.60. The van der Waals surface area contributed by atoms with Gasteiger partial charge in [-0.3, -0.25) is 0 Å². The summed E-state index contributed by atoms with van der Waals surface area (Å²) in [5.41, 5.74) is 0.940. The van der Waals surface area contributed by atoms with Crippen LogP contribution in [0.5, 0.6) is 11.5 Å². The summed E-state index contributed by atoms with van der Waals surface area (Å²) in [7, 11) is 2.72. The molecule has 0 aromatic heterocycles. The third kappa shape index (κ3) is 5.05. The lowest BCUT2D eigenvalue weighted by Crippen LogP contribution is -2.17. The summed E-state index contributed by atoms with van der Waals surface area (Å²) in [6.45, 7) is 1.62. The van der Waals surface area contributed by atoms with Crippen LogP contribution >= 0.6 is 11.6 Å². The van der Waals surface area contributed by atoms with E-state index in [0.29, 0.717) is 11.3 Å². The maximum Gasteiger partial charge on any atom is 0.347 e. The molecule has 5 nitrogen and oxygen atoms in total. The maximum atomic E-state index is 15.6. The predicted molar refractivity (Wildman–Crippen MR) is 115 cm³/mol. The molecule has 0 heterocycles. The number of esters is 1. The van der Waals surface area contributed by atoms with E-state index in [1.54, 1.807) is 37.3 Å². The molecule has 0 atom stereocenters. The SMILES string of the molecule is COC(OC)c1c(F)c(OCc2ccccc2)c(C(=O)Oc2ccccc2)c(C)c1Cl. The van der Waals surface area contributed by atoms with E-state index in [2.05, 4.69) is 0 Å². The minimum absolute atomic E-state index is 0.00160. The summed E-state index contributed by atoms with van der Waals surface area (Å²) < 4.78 is 37.2. The number of carbonyl (C=O) groups is 1. The van der Waals surface area contributed by atoms with Crippen molar-refractivity contribution in [1.29, 1.82) is 0 Å². The van der Waals surface area contributed by atoms with Crippen LogP contribution in [0.15, 0.2) is 60.7 Å². The van der Waals surface area contributed by atoms with Crippen molar-refractivity contribution in [2.45, 2.75) is 19.8 Å². The number of methoxy groups -OCH3 is 2. The zero-order chi connectivity index (χ0) is 22.4. The molecule has 3 aromatic carbocycles. The first-order valence-electron chi connectivity index (χ1n) is 9.48. The van der Waals surface area contributed by atoms with E-state index in [9.17, 15) is 4.79 Å². The smallest absolute Gasteiger partial charge is 0.347 e. The summed E-state index contributed by atoms with van der Waals surface area (Å²) in [5, 5.41) is -0.00160. The van der Waals surface area contributed by atoms with E-state index in [0.717, 1.165) is 5.56 Å². The molecule has 0 spiro atoms. The van der Waals surface area contributed by atoms with Crippen molar-refractivity contribution < 1.29 is 28.1 Å². The molecule has 31 heavy (non-hydrogen) atoms. The fraction of sp³-hybridized carbons (Fsp3) is 0.208. The molecule has 0 N–H and O–H groups in total. The Morgan fingerprint density at radius 2 is 1.58 bits per heavy atom. The number of hydrogen-bond donors (Lipinski definition) is 0. The van der Waals surface area contributed by atoms with Gasteiger partial charge in [0, 0.05) is 14.2 Å². The highest BCUT2D eigenvalue weighted by molar-refractivity contribution is 6.32. The Morgan fingerprint density at radius 3 is 2.16 bits per heavy atom. The Hall–Kier alpha value is -2.93. The van der Waals surface area contributed by atoms with E-state index in [1.165, 1.54) is 14.2 Å². The maximum absolute atomic E-state index is 15.6. The Morgan fingerprint density at radius 1 is 1.00 bits per heavy atom. The lowest BCUT2D eigenvalue weighted by atomic mass is 10.0. The average Bonchev–Trinajstić information content (AvgIpc) is 2.79. The number of rotatable bonds is 8. The molecule has 0 aliphatic carbocycles. The molecule has 3 aromatic rings. The van der Waals surface area contributed by atoms with Gasteiger partial charge in [-0.05, 0) is 30.2 Å². The number of carbonyl (C=O) groups excluding carboxylic acids is 1. The van der Waals surface area contributed by atoms with Crippen LogP contribution in [0.1, 0.15) is 33.3 Å². The van der Waals surface area contributed by atoms with Crippen molar-refractivity contribution in [3.05, 3.63) is 93.8 Å². The molecule has 0 saturated carbocycles. The van der Waals surface area contributed by atoms with Gasteiger partial charge < -0.3 is 18.9 Å². The zero-order valence-electron chi connectivity index (χ0n) is 17.4. The van der Waals surface area contributed by atoms with Gasteiger partial charge in [-0.2, -0.15) is 0 Å². The monoisotopic (exact) mass is 444 g/mol. The molecular weight excluding hydrogens is 423 g/mol. The van der Waals surface area contributed by atoms with Gasteiger partial charge in [0.15, 0.2) is 17.9 Å². The number of hydrogen-bond acceptors (Lipinski definition) is 5. The predicted octanol–water partition coefficient (Wildman–Crippen LogP) is 5.88. The van der Waals surface area contributed by atoms with E-state index < -0.39 is 18.1 Å². The largest absolute Gasteiger partial charge is 0.485 e. The fourth-order valence-electron chi connectivity index (χ4n) is 3.11. The molecule has 0 unspecified atom stereocenters. The van der Waals surface area contributed by atoms with Crippen LogP contribution in [0.4, 0.5) is 4.39 Å². The molecule has 7 heteroatoms. The van der Waals surface area contributed by atoms with Crippen LogP contribution in [0.25, 0.3) is 0 Å². The molecule has 0 fully saturated rings. The summed E-state index contributed by atoms with van der Waals surface area (Å²) >= 11 is 6.43. The van der Waals surface area contributed by atoms with Crippen LogP contribution in [0.3, 0.4) is 0 Å². The number of benzene rings is 3. The van der Waals surface area contributed by atoms with Crippen molar-refractivity contribution >= 4 is 17.6 Å². The second-order valence-corrected chi connectivity index (χ2v) is 7.03. The quantitative estimate of drug-likeness (QED) is 0.247. The standard InChI is InChI=1S/C24H22ClFO5/c1-15-18(23(27)31-17-12-8-5-9-13-17)22(30-14-16-10-6-4-7-11-16)21(26)19(20(15)25)24(28-2)29-3/h4-13,24H,14H2,1-3H3. The van der Waals surface area contributed by atoms with Crippen LogP contribution in [-0.4, -0.2) is 20.2 Å². The van der Waals surface area contributed by atoms with E-state index in [-0.39, 0.29) is 28.5 Å². The minimum Gasteiger partial charge on any atom is -0.485 e. The highest BCUT2D eigenvalue weighted by Gasteiger charge is 2.31. The minimum atomic E-state index is -1.08. The van der Waals surface area contributed by atoms with E-state index >= 15 is 4.39 Å². The second kappa shape index (κ2) is 10.4. The Bertz CT molecular complexity index is 1040. The van der Waals surface area contributed by atoms with Crippen LogP contribution < -0.4 is 9.47 Å². The first-order chi connectivity index (χ1) is 15.0. The Kier molecular flexibility index (Phi) is 7.63. The lowest BCUT2D eigenvalue weighted by molar-refractivity contribution is -0.108. The van der Waals surface area contributed by atoms with Gasteiger partial charge in [0.2, 0.25) is 0 Å². The van der Waals surface area contributed by atoms with Crippen LogP contribution in [-0.2, 0) is 16.1 Å². The first kappa shape index (κ1) is 22.7. The summed E-state index contributed by atoms with van der Waals surface area (Å²) in [6, 6.07) is 17.7. The topological polar surface area (TPSA) is 54.0 Å². The van der Waals surface area contributed by atoms with Gasteiger partial charge in [0.1, 0.15) is 17.9 Å². The average molecular weight is 445 g/mol. The molecule has 0 bridgehead atoms. The molecule has 0 saturated heterocycles. The molecule has 162 valence electrons. The Labute approximate surface area is 185 Å². The van der Waals surface area contributed by atoms with Gasteiger partial charge in [0.25, 0.3) is 0 Å². The molecule has 0 radical (unpaired) electrons. The van der Waals surface area contributed by atoms with Gasteiger partial charge in [-0.15, -0.1) is 0 Å². The Balaban J connectivity index is 2.09. The fourth-order valence-corrected chi connectivity index (χ4v) is 3.37. The third-order valence-corrected chi connectivity index (χ3v) is 5.14. The van der Waals surface area contributed by atoms with Crippen molar-refractivity contribution in [2.24, 2.45) is 0 Å². The molecular formula is C24H22ClFO5. The number of ether oxygens (including phenoxy) is 4. The van der Waals surface area contributed by atoms with Crippen molar-refractivity contribution in [1.82, 2.24) is 0 Å². The van der Waals surface area contributed by atoms with Gasteiger partial charge in [-0.1, -0.05) is 60.1 Å². The highest BCUT2D eigenvalue weighted by atomic mass is 35.5. The first-order valence-corrected chi connectivity index (χ1v) is 9.86. The molecule has 0 aliphatic rings. The highest BCUT2D eigenvalue weighted by Crippen LogP contribution is 2.40. The van der Waals surface area contributed by atoms with Crippen molar-refractivity contribution in [2.75, 3.05) is 14.2 Å². The van der Waals surface area contributed by atoms with E-state index in [1.807, 2.05) is 30.3 Å². The molecule has 0 amide bonds. The van der Waals surface area contributed by atoms with Crippen LogP contribution in [0, 0.1) is 12.7 Å². The van der Waals surface area contributed by atoms with Crippen molar-refractivity contribution in [3.8, 4) is 11.5 Å². The van der Waals surface area contributed by atoms with Crippen molar-refractivity contribution in [3.63, 3.8) is 0 Å². The van der Waals surface area contributed by atoms with E-state index in [4.69, 9.17) is 30.5 Å². The number of halogens is 2. The second-order valence-electron chi connectivity index (χ2n) is 6.65. The van der Waals surface area contributed by atoms with Crippen LogP contribution in [0.2, 0.25) is 5.02 Å². The molecule has 3 rings (SSSR count). The summed E-state index contributed by atoms with van der Waals surface area (Å²) in [6.07, 6.45) is -1.08. The van der Waals surface area contributed by atoms with Gasteiger partial charge in [-0.25, -0.2) is 9.18 Å². The molecule has 0 aliphatic heterocycles. The number of para-hydroxylation sites is 1. The normalized spacial score (nSPS) is 10.9. The summed E-state index contributed by atoms with van der Waals surface area (Å²) in [4.78, 5) is 13.0. The zero-order valence-corrected chi connectivity index (χ0v) is 18.1. The third-order valence-electron chi connectivity index (χ3n) is 4.65. The van der Waals surface area contributed by atoms with Gasteiger partial charge >= 0.3 is 5.97 Å². The van der Waals surface area contributed by atoms with Gasteiger partial charge in [0.05, 0.1) is 10.6 Å². The lowest BCUT2D eigenvalue weighted by Gasteiger charge is -2.22.